The molecule has 2 heterocycles. The van der Waals surface area contributed by atoms with Crippen LogP contribution in [0, 0.1) is 0 Å². The number of hydrogen-bond donors (Lipinski definition) is 0. The second kappa shape index (κ2) is 6.95. The van der Waals surface area contributed by atoms with Gasteiger partial charge < -0.3 is 14.5 Å². The average molecular weight is 317 g/mol. The molecule has 20 heavy (non-hydrogen) atoms. The lowest BCUT2D eigenvalue weighted by Gasteiger charge is -2.34. The summed E-state index contributed by atoms with van der Waals surface area (Å²) in [6.07, 6.45) is 0.0706. The van der Waals surface area contributed by atoms with Crippen molar-refractivity contribution < 1.29 is 14.3 Å². The summed E-state index contributed by atoms with van der Waals surface area (Å²) in [7, 11) is 0. The number of rotatable bonds is 3. The molecule has 0 aromatic carbocycles. The van der Waals surface area contributed by atoms with Crippen LogP contribution in [0.2, 0.25) is 4.34 Å². The molecule has 1 aromatic rings. The Hall–Kier alpha value is -1.27. The van der Waals surface area contributed by atoms with Crippen LogP contribution in [0.5, 0.6) is 0 Å². The second-order valence-electron chi connectivity index (χ2n) is 4.45. The number of nitrogens with zero attached hydrogens (tertiary/aromatic N) is 2. The summed E-state index contributed by atoms with van der Waals surface area (Å²) in [5.74, 6) is 0.0759. The molecule has 5 nitrogen and oxygen atoms in total. The van der Waals surface area contributed by atoms with E-state index in [-0.39, 0.29) is 12.0 Å². The quantitative estimate of drug-likeness (QED) is 0.859. The molecule has 1 saturated heterocycles. The maximum absolute atomic E-state index is 12.1. The Balaban J connectivity index is 1.81. The lowest BCUT2D eigenvalue weighted by atomic mass is 10.2. The molecule has 0 saturated carbocycles. The Bertz CT molecular complexity index is 484. The molecule has 1 aliphatic heterocycles. The van der Waals surface area contributed by atoms with Gasteiger partial charge in [0.15, 0.2) is 0 Å². The van der Waals surface area contributed by atoms with Crippen molar-refractivity contribution in [1.29, 1.82) is 0 Å². The first-order valence-corrected chi connectivity index (χ1v) is 7.73. The van der Waals surface area contributed by atoms with Gasteiger partial charge in [0.2, 0.25) is 5.91 Å². The third-order valence-corrected chi connectivity index (χ3v) is 4.34. The van der Waals surface area contributed by atoms with Gasteiger partial charge in [0, 0.05) is 31.1 Å². The maximum Gasteiger partial charge on any atom is 0.409 e. The van der Waals surface area contributed by atoms with E-state index in [1.54, 1.807) is 22.8 Å². The lowest BCUT2D eigenvalue weighted by molar-refractivity contribution is -0.132. The van der Waals surface area contributed by atoms with Gasteiger partial charge in [-0.2, -0.15) is 0 Å². The molecule has 0 N–H and O–H groups in total. The normalized spacial score (nSPS) is 15.3. The Morgan fingerprint density at radius 1 is 1.25 bits per heavy atom. The van der Waals surface area contributed by atoms with Crippen LogP contribution in [0.3, 0.4) is 0 Å². The molecule has 0 bridgehead atoms. The first-order valence-electron chi connectivity index (χ1n) is 6.54. The van der Waals surface area contributed by atoms with Crippen LogP contribution in [-0.2, 0) is 16.0 Å². The van der Waals surface area contributed by atoms with E-state index in [4.69, 9.17) is 16.3 Å². The van der Waals surface area contributed by atoms with Gasteiger partial charge in [0.1, 0.15) is 0 Å². The third-order valence-electron chi connectivity index (χ3n) is 3.11. The molecule has 0 unspecified atom stereocenters. The molecule has 0 radical (unpaired) electrons. The van der Waals surface area contributed by atoms with Crippen molar-refractivity contribution in [1.82, 2.24) is 9.80 Å². The summed E-state index contributed by atoms with van der Waals surface area (Å²) >= 11 is 7.27. The topological polar surface area (TPSA) is 49.9 Å². The molecule has 0 spiro atoms. The van der Waals surface area contributed by atoms with Gasteiger partial charge in [-0.1, -0.05) is 11.6 Å². The molecule has 1 aliphatic rings. The minimum Gasteiger partial charge on any atom is -0.450 e. The molecule has 1 fully saturated rings. The van der Waals surface area contributed by atoms with Gasteiger partial charge in [0.05, 0.1) is 17.4 Å². The molecule has 110 valence electrons. The fourth-order valence-electron chi connectivity index (χ4n) is 2.06. The van der Waals surface area contributed by atoms with E-state index >= 15 is 0 Å². The zero-order valence-corrected chi connectivity index (χ0v) is 12.9. The molecule has 1 aromatic heterocycles. The monoisotopic (exact) mass is 316 g/mol. The van der Waals surface area contributed by atoms with Crippen molar-refractivity contribution in [2.45, 2.75) is 13.3 Å². The maximum atomic E-state index is 12.1. The summed E-state index contributed by atoms with van der Waals surface area (Å²) in [6.45, 7) is 4.31. The first kappa shape index (κ1) is 15.1. The largest absolute Gasteiger partial charge is 0.450 e. The van der Waals surface area contributed by atoms with Crippen molar-refractivity contribution in [2.75, 3.05) is 32.8 Å². The highest BCUT2D eigenvalue weighted by Gasteiger charge is 2.24. The summed E-state index contributed by atoms with van der Waals surface area (Å²) in [5, 5.41) is 0. The molecule has 7 heteroatoms. The third kappa shape index (κ3) is 3.86. The molecule has 2 rings (SSSR count). The molecular weight excluding hydrogens is 300 g/mol. The zero-order chi connectivity index (χ0) is 14.5. The Morgan fingerprint density at radius 3 is 2.45 bits per heavy atom. The number of ether oxygens (including phenoxy) is 1. The summed E-state index contributed by atoms with van der Waals surface area (Å²) in [5.41, 5.74) is 0. The second-order valence-corrected chi connectivity index (χ2v) is 6.25. The Morgan fingerprint density at radius 2 is 1.90 bits per heavy atom. The van der Waals surface area contributed by atoms with E-state index in [0.29, 0.717) is 43.5 Å². The highest BCUT2D eigenvalue weighted by molar-refractivity contribution is 7.16. The number of hydrogen-bond acceptors (Lipinski definition) is 4. The van der Waals surface area contributed by atoms with Crippen LogP contribution in [0.15, 0.2) is 12.1 Å². The van der Waals surface area contributed by atoms with Gasteiger partial charge >= 0.3 is 6.09 Å². The fraction of sp³-hybridized carbons (Fsp3) is 0.538. The minimum atomic E-state index is -0.301. The Labute approximate surface area is 127 Å². The number of amides is 2. The van der Waals surface area contributed by atoms with Gasteiger partial charge in [-0.05, 0) is 19.1 Å². The average Bonchev–Trinajstić information content (AvgIpc) is 2.84. The van der Waals surface area contributed by atoms with E-state index in [9.17, 15) is 9.59 Å². The predicted octanol–water partition coefficient (Wildman–Crippen LogP) is 2.24. The van der Waals surface area contributed by atoms with Crippen LogP contribution in [-0.4, -0.2) is 54.6 Å². The van der Waals surface area contributed by atoms with Crippen LogP contribution in [0.4, 0.5) is 4.79 Å². The lowest BCUT2D eigenvalue weighted by Crippen LogP contribution is -2.51. The van der Waals surface area contributed by atoms with Crippen LogP contribution in [0.1, 0.15) is 11.8 Å². The number of halogens is 1. The van der Waals surface area contributed by atoms with Gasteiger partial charge in [-0.25, -0.2) is 4.79 Å². The highest BCUT2D eigenvalue weighted by Crippen LogP contribution is 2.22. The smallest absolute Gasteiger partial charge is 0.409 e. The van der Waals surface area contributed by atoms with E-state index in [2.05, 4.69) is 0 Å². The van der Waals surface area contributed by atoms with Crippen molar-refractivity contribution in [3.63, 3.8) is 0 Å². The summed E-state index contributed by atoms with van der Waals surface area (Å²) in [4.78, 5) is 28.1. The van der Waals surface area contributed by atoms with Crippen molar-refractivity contribution >= 4 is 34.9 Å². The van der Waals surface area contributed by atoms with Crippen molar-refractivity contribution in [3.8, 4) is 0 Å². The standard InChI is InChI=1S/C13H17ClN2O3S/c1-2-19-13(18)16-7-5-15(6-8-16)12(17)9-10-3-4-11(14)20-10/h3-4H,2,5-9H2,1H3. The fourth-order valence-corrected chi connectivity index (χ4v) is 3.14. The highest BCUT2D eigenvalue weighted by atomic mass is 35.5. The van der Waals surface area contributed by atoms with E-state index in [1.165, 1.54) is 11.3 Å². The zero-order valence-electron chi connectivity index (χ0n) is 11.3. The molecule has 0 aliphatic carbocycles. The Kier molecular flexibility index (Phi) is 5.25. The van der Waals surface area contributed by atoms with Gasteiger partial charge in [-0.3, -0.25) is 4.79 Å². The first-order chi connectivity index (χ1) is 9.60. The van der Waals surface area contributed by atoms with E-state index in [1.807, 2.05) is 6.07 Å². The molecular formula is C13H17ClN2O3S. The number of carbonyl (C=O) groups excluding carboxylic acids is 2. The van der Waals surface area contributed by atoms with Crippen LogP contribution >= 0.6 is 22.9 Å². The van der Waals surface area contributed by atoms with Gasteiger partial charge in [-0.15, -0.1) is 11.3 Å². The predicted molar refractivity (Wildman–Crippen MR) is 78.2 cm³/mol. The molecule has 0 atom stereocenters. The van der Waals surface area contributed by atoms with Crippen LogP contribution in [0.25, 0.3) is 0 Å². The van der Waals surface area contributed by atoms with Crippen molar-refractivity contribution in [2.24, 2.45) is 0 Å². The van der Waals surface area contributed by atoms with E-state index < -0.39 is 0 Å². The number of carbonyl (C=O) groups is 2. The SMILES string of the molecule is CCOC(=O)N1CCN(C(=O)Cc2ccc(Cl)s2)CC1. The molecule has 2 amide bonds. The van der Waals surface area contributed by atoms with Crippen LogP contribution < -0.4 is 0 Å². The van der Waals surface area contributed by atoms with Crippen molar-refractivity contribution in [3.05, 3.63) is 21.3 Å². The number of thiophene rings is 1. The summed E-state index contributed by atoms with van der Waals surface area (Å²) < 4.78 is 5.64. The number of piperazine rings is 1. The minimum absolute atomic E-state index is 0.0759. The van der Waals surface area contributed by atoms with Gasteiger partial charge in [0.25, 0.3) is 0 Å². The van der Waals surface area contributed by atoms with E-state index in [0.717, 1.165) is 4.88 Å². The summed E-state index contributed by atoms with van der Waals surface area (Å²) in [6, 6.07) is 3.67.